The molecular formula is C33H26F9N5O5. The number of aryl methyl sites for hydroxylation is 1. The number of pyridine rings is 1. The highest BCUT2D eigenvalue weighted by Gasteiger charge is 2.44. The third-order valence-corrected chi connectivity index (χ3v) is 8.87. The molecule has 2 aliphatic rings. The third kappa shape index (κ3) is 6.66. The van der Waals surface area contributed by atoms with Gasteiger partial charge in [-0.05, 0) is 73.9 Å². The Morgan fingerprint density at radius 2 is 1.58 bits per heavy atom. The molecule has 52 heavy (non-hydrogen) atoms. The van der Waals surface area contributed by atoms with Crippen LogP contribution in [0.1, 0.15) is 63.4 Å². The van der Waals surface area contributed by atoms with Gasteiger partial charge in [0.2, 0.25) is 0 Å². The van der Waals surface area contributed by atoms with Crippen LogP contribution in [0.4, 0.5) is 50.1 Å². The molecule has 2 aromatic heterocycles. The highest BCUT2D eigenvalue weighted by atomic mass is 19.4. The number of amides is 1. The van der Waals surface area contributed by atoms with Crippen LogP contribution in [0.25, 0.3) is 16.8 Å². The zero-order valence-corrected chi connectivity index (χ0v) is 26.9. The maximum Gasteiger partial charge on any atom is 0.434 e. The van der Waals surface area contributed by atoms with Crippen LogP contribution in [0.2, 0.25) is 0 Å². The quantitative estimate of drug-likeness (QED) is 0.183. The smallest absolute Gasteiger partial charge is 0.434 e. The molecule has 10 nitrogen and oxygen atoms in total. The van der Waals surface area contributed by atoms with E-state index in [1.807, 2.05) is 4.90 Å². The third-order valence-electron chi connectivity index (χ3n) is 8.87. The molecule has 1 amide bonds. The molecule has 276 valence electrons. The number of cyclic esters (lactones) is 1. The van der Waals surface area contributed by atoms with Crippen LogP contribution < -0.4 is 4.90 Å². The minimum absolute atomic E-state index is 0.0487. The summed E-state index contributed by atoms with van der Waals surface area (Å²) in [6.45, 7) is 3.71. The van der Waals surface area contributed by atoms with E-state index in [0.717, 1.165) is 29.5 Å². The van der Waals surface area contributed by atoms with Crippen molar-refractivity contribution in [1.29, 1.82) is 0 Å². The molecule has 2 unspecified atom stereocenters. The maximum atomic E-state index is 14.0. The number of benzene rings is 2. The molecule has 2 aliphatic heterocycles. The first kappa shape index (κ1) is 36.3. The monoisotopic (exact) mass is 743 g/mol. The predicted octanol–water partition coefficient (Wildman–Crippen LogP) is 8.00. The summed E-state index contributed by atoms with van der Waals surface area (Å²) in [5, 5.41) is 24.0. The molecule has 2 fully saturated rings. The fourth-order valence-electron chi connectivity index (χ4n) is 6.20. The summed E-state index contributed by atoms with van der Waals surface area (Å²) in [7, 11) is 0. The number of carboxylic acids is 1. The summed E-state index contributed by atoms with van der Waals surface area (Å²) in [5.74, 6) is -1.91. The lowest BCUT2D eigenvalue weighted by Crippen LogP contribution is -2.38. The average Bonchev–Trinajstić information content (AvgIpc) is 3.58. The maximum absolute atomic E-state index is 14.0. The number of carbonyl (C=O) groups excluding carboxylic acids is 1. The van der Waals surface area contributed by atoms with Crippen molar-refractivity contribution in [2.75, 3.05) is 18.0 Å². The number of aromatic nitrogens is 3. The number of phenols is 1. The molecule has 19 heteroatoms. The summed E-state index contributed by atoms with van der Waals surface area (Å²) in [4.78, 5) is 32.4. The number of anilines is 1. The van der Waals surface area contributed by atoms with Crippen molar-refractivity contribution < 1.29 is 64.1 Å². The number of alkyl halides is 9. The van der Waals surface area contributed by atoms with Crippen LogP contribution in [0.3, 0.4) is 0 Å². The summed E-state index contributed by atoms with van der Waals surface area (Å²) < 4.78 is 130. The van der Waals surface area contributed by atoms with E-state index < -0.39 is 83.0 Å². The standard InChI is InChI=1S/C33H26F9N5O5/c1-15-8-25(45-6-3-7-45)44-23(26(15)21-12-20(4-5-24(21)48)47-28(33(40,41)42)22(13-43-47)29(49)50)14-46-16(2)27(52-30(46)51)17-9-18(31(34,35)36)11-19(10-17)32(37,38)39/h4-5,8-13,16,27,48H,3,6-7,14H2,1-2H3,(H,49,50). The van der Waals surface area contributed by atoms with Gasteiger partial charge in [0.25, 0.3) is 0 Å². The second-order valence-corrected chi connectivity index (χ2v) is 12.3. The van der Waals surface area contributed by atoms with Crippen LogP contribution in [0.15, 0.2) is 48.7 Å². The number of phenolic OH excluding ortho intramolecular Hbond substituents is 1. The number of rotatable bonds is 7. The van der Waals surface area contributed by atoms with Crippen LogP contribution >= 0.6 is 0 Å². The van der Waals surface area contributed by atoms with Gasteiger partial charge >= 0.3 is 30.6 Å². The molecule has 4 heterocycles. The molecule has 2 aromatic carbocycles. The van der Waals surface area contributed by atoms with Crippen molar-refractivity contribution in [3.05, 3.63) is 87.9 Å². The first-order valence-corrected chi connectivity index (χ1v) is 15.4. The minimum Gasteiger partial charge on any atom is -0.507 e. The molecule has 6 rings (SSSR count). The molecule has 0 spiro atoms. The van der Waals surface area contributed by atoms with Gasteiger partial charge in [0.1, 0.15) is 23.2 Å². The Bertz CT molecular complexity index is 2040. The van der Waals surface area contributed by atoms with E-state index in [1.165, 1.54) is 6.92 Å². The van der Waals surface area contributed by atoms with Gasteiger partial charge in [0.15, 0.2) is 5.69 Å². The second kappa shape index (κ2) is 12.6. The van der Waals surface area contributed by atoms with Crippen LogP contribution in [0.5, 0.6) is 5.75 Å². The van der Waals surface area contributed by atoms with E-state index in [-0.39, 0.29) is 28.6 Å². The zero-order valence-electron chi connectivity index (χ0n) is 26.9. The Hall–Kier alpha value is -5.49. The first-order valence-electron chi connectivity index (χ1n) is 15.4. The van der Waals surface area contributed by atoms with Crippen molar-refractivity contribution in [2.24, 2.45) is 0 Å². The van der Waals surface area contributed by atoms with E-state index in [1.54, 1.807) is 13.0 Å². The summed E-state index contributed by atoms with van der Waals surface area (Å²) in [6.07, 6.45) is -16.8. The molecule has 2 atom stereocenters. The van der Waals surface area contributed by atoms with Gasteiger partial charge in [0, 0.05) is 24.2 Å². The van der Waals surface area contributed by atoms with Crippen LogP contribution in [0, 0.1) is 6.92 Å². The normalized spacial score (nSPS) is 18.1. The molecule has 0 saturated carbocycles. The van der Waals surface area contributed by atoms with Crippen molar-refractivity contribution in [1.82, 2.24) is 19.7 Å². The van der Waals surface area contributed by atoms with Crippen molar-refractivity contribution in [3.63, 3.8) is 0 Å². The van der Waals surface area contributed by atoms with E-state index in [9.17, 15) is 59.3 Å². The largest absolute Gasteiger partial charge is 0.507 e. The fraction of sp³-hybridized carbons (Fsp3) is 0.333. The topological polar surface area (TPSA) is 121 Å². The lowest BCUT2D eigenvalue weighted by molar-refractivity contribution is -0.144. The highest BCUT2D eigenvalue weighted by molar-refractivity contribution is 5.89. The van der Waals surface area contributed by atoms with Gasteiger partial charge in [-0.25, -0.2) is 19.3 Å². The Morgan fingerprint density at radius 1 is 0.942 bits per heavy atom. The van der Waals surface area contributed by atoms with Crippen molar-refractivity contribution in [2.45, 2.75) is 57.5 Å². The number of aromatic carboxylic acids is 1. The SMILES string of the molecule is Cc1cc(N2CCC2)nc(CN2C(=O)OC(c3cc(C(F)(F)F)cc(C(F)(F)F)c3)C2C)c1-c1cc(-n2ncc(C(=O)O)c2C(F)(F)F)ccc1O. The van der Waals surface area contributed by atoms with Crippen molar-refractivity contribution in [3.8, 4) is 22.6 Å². The van der Waals surface area contributed by atoms with Gasteiger partial charge in [-0.2, -0.15) is 44.6 Å². The van der Waals surface area contributed by atoms with Gasteiger partial charge in [-0.15, -0.1) is 0 Å². The van der Waals surface area contributed by atoms with Crippen molar-refractivity contribution >= 4 is 17.9 Å². The number of nitrogens with zero attached hydrogens (tertiary/aromatic N) is 5. The van der Waals surface area contributed by atoms with Gasteiger partial charge in [-0.3, -0.25) is 4.90 Å². The van der Waals surface area contributed by atoms with E-state index in [4.69, 9.17) is 4.74 Å². The fourth-order valence-corrected chi connectivity index (χ4v) is 6.20. The van der Waals surface area contributed by atoms with Gasteiger partial charge in [0.05, 0.1) is 41.3 Å². The molecule has 4 aromatic rings. The molecular weight excluding hydrogens is 717 g/mol. The van der Waals surface area contributed by atoms with E-state index >= 15 is 0 Å². The molecule has 0 bridgehead atoms. The minimum atomic E-state index is -5.16. The number of hydrogen-bond donors (Lipinski definition) is 2. The zero-order chi connectivity index (χ0) is 38.1. The first-order chi connectivity index (χ1) is 24.1. The molecule has 0 aliphatic carbocycles. The Kier molecular flexibility index (Phi) is 8.81. The van der Waals surface area contributed by atoms with Gasteiger partial charge < -0.3 is 19.8 Å². The lowest BCUT2D eigenvalue weighted by Gasteiger charge is -2.33. The van der Waals surface area contributed by atoms with E-state index in [0.29, 0.717) is 47.5 Å². The number of aromatic hydroxyl groups is 1. The predicted molar refractivity (Wildman–Crippen MR) is 163 cm³/mol. The Balaban J connectivity index is 1.44. The average molecular weight is 744 g/mol. The molecule has 2 N–H and O–H groups in total. The second-order valence-electron chi connectivity index (χ2n) is 12.3. The number of carboxylic acid groups (broad SMARTS) is 1. The number of ether oxygens (including phenoxy) is 1. The summed E-state index contributed by atoms with van der Waals surface area (Å²) in [5.41, 5.74) is -6.27. The number of carbonyl (C=O) groups is 2. The molecule has 0 radical (unpaired) electrons. The number of halogens is 9. The highest BCUT2D eigenvalue weighted by Crippen LogP contribution is 2.43. The van der Waals surface area contributed by atoms with Gasteiger partial charge in [-0.1, -0.05) is 0 Å². The summed E-state index contributed by atoms with van der Waals surface area (Å²) in [6, 6.07) is 4.59. The van der Waals surface area contributed by atoms with E-state index in [2.05, 4.69) is 10.1 Å². The van der Waals surface area contributed by atoms with Crippen LogP contribution in [-0.4, -0.2) is 61.1 Å². The Labute approximate surface area is 287 Å². The van der Waals surface area contributed by atoms with Crippen LogP contribution in [-0.2, 0) is 29.8 Å². The lowest BCUT2D eigenvalue weighted by atomic mass is 9.95. The molecule has 2 saturated heterocycles. The number of hydrogen-bond acceptors (Lipinski definition) is 7. The Morgan fingerprint density at radius 3 is 2.12 bits per heavy atom. The summed E-state index contributed by atoms with van der Waals surface area (Å²) >= 11 is 0.